The van der Waals surface area contributed by atoms with Crippen LogP contribution in [0.3, 0.4) is 0 Å². The van der Waals surface area contributed by atoms with Gasteiger partial charge in [0.25, 0.3) is 0 Å². The van der Waals surface area contributed by atoms with Gasteiger partial charge in [-0.25, -0.2) is 4.98 Å². The molecule has 33 heavy (non-hydrogen) atoms. The highest BCUT2D eigenvalue weighted by Gasteiger charge is 2.30. The van der Waals surface area contributed by atoms with E-state index in [1.165, 1.54) is 17.3 Å². The Kier molecular flexibility index (Phi) is 5.35. The van der Waals surface area contributed by atoms with Crippen molar-refractivity contribution in [2.75, 3.05) is 36.4 Å². The number of nitrogens with one attached hydrogen (secondary N) is 1. The van der Waals surface area contributed by atoms with Crippen LogP contribution in [0, 0.1) is 5.41 Å². The number of nitrogen functional groups attached to an aromatic ring is 1. The maximum atomic E-state index is 10.4. The van der Waals surface area contributed by atoms with Crippen LogP contribution in [-0.4, -0.2) is 47.1 Å². The van der Waals surface area contributed by atoms with Crippen molar-refractivity contribution in [3.05, 3.63) is 64.3 Å². The maximum absolute atomic E-state index is 10.4. The van der Waals surface area contributed by atoms with Gasteiger partial charge in [-0.05, 0) is 48.5 Å². The summed E-state index contributed by atoms with van der Waals surface area (Å²) in [7, 11) is 3.72. The summed E-state index contributed by atoms with van der Waals surface area (Å²) in [6.45, 7) is 2.57. The molecule has 0 unspecified atom stereocenters. The molecule has 0 saturated carbocycles. The van der Waals surface area contributed by atoms with Crippen LogP contribution < -0.4 is 20.3 Å². The molecule has 0 radical (unpaired) electrons. The quantitative estimate of drug-likeness (QED) is 0.301. The molecule has 170 valence electrons. The molecule has 9 heteroatoms. The Morgan fingerprint density at radius 1 is 1.12 bits per heavy atom. The molecule has 0 amide bonds. The van der Waals surface area contributed by atoms with E-state index in [1.54, 1.807) is 24.1 Å². The summed E-state index contributed by atoms with van der Waals surface area (Å²) in [5.74, 6) is 2.15. The number of benzene rings is 2. The van der Waals surface area contributed by atoms with Crippen molar-refractivity contribution < 1.29 is 9.84 Å². The molecule has 3 aromatic rings. The third kappa shape index (κ3) is 3.75. The third-order valence-electron chi connectivity index (χ3n) is 6.26. The predicted octanol–water partition coefficient (Wildman–Crippen LogP) is 2.62. The fraction of sp³-hybridized carbons (Fsp3) is 0.292. The molecule has 0 atom stereocenters. The lowest BCUT2D eigenvalue weighted by atomic mass is 10.1. The number of rotatable bonds is 6. The second kappa shape index (κ2) is 8.34. The van der Waals surface area contributed by atoms with Crippen LogP contribution >= 0.6 is 0 Å². The van der Waals surface area contributed by atoms with E-state index in [9.17, 15) is 5.11 Å². The number of aliphatic hydroxyl groups excluding tert-OH is 1. The number of hydrogen-bond donors (Lipinski definition) is 3. The number of anilines is 4. The first kappa shape index (κ1) is 21.2. The predicted molar refractivity (Wildman–Crippen MR) is 128 cm³/mol. The van der Waals surface area contributed by atoms with Crippen LogP contribution in [0.4, 0.5) is 23.1 Å². The minimum atomic E-state index is -0.259. The molecular formula is C24H27N7O2. The average molecular weight is 446 g/mol. The fourth-order valence-electron chi connectivity index (χ4n) is 4.51. The summed E-state index contributed by atoms with van der Waals surface area (Å²) < 4.78 is 5.38. The van der Waals surface area contributed by atoms with Crippen LogP contribution in [0.25, 0.3) is 0 Å². The highest BCUT2D eigenvalue weighted by atomic mass is 16.5. The van der Waals surface area contributed by atoms with E-state index in [0.717, 1.165) is 29.2 Å². The minimum Gasteiger partial charge on any atom is -0.497 e. The van der Waals surface area contributed by atoms with Gasteiger partial charge in [0.15, 0.2) is 0 Å². The molecule has 2 aliphatic heterocycles. The molecule has 0 bridgehead atoms. The number of aromatic nitrogens is 2. The average Bonchev–Trinajstić information content (AvgIpc) is 3.42. The first-order chi connectivity index (χ1) is 16.0. The molecule has 5 rings (SSSR count). The van der Waals surface area contributed by atoms with E-state index >= 15 is 0 Å². The van der Waals surface area contributed by atoms with Crippen molar-refractivity contribution in [1.82, 2.24) is 14.9 Å². The Bertz CT molecular complexity index is 1230. The van der Waals surface area contributed by atoms with Gasteiger partial charge in [-0.3, -0.25) is 4.90 Å². The van der Waals surface area contributed by atoms with Crippen molar-refractivity contribution >= 4 is 29.4 Å². The van der Waals surface area contributed by atoms with Crippen LogP contribution in [0.5, 0.6) is 5.75 Å². The van der Waals surface area contributed by atoms with Gasteiger partial charge in [-0.1, -0.05) is 6.07 Å². The monoisotopic (exact) mass is 445 g/mol. The first-order valence-electron chi connectivity index (χ1n) is 10.8. The Hall–Kier alpha value is -3.69. The lowest BCUT2D eigenvalue weighted by Gasteiger charge is -2.26. The van der Waals surface area contributed by atoms with Crippen LogP contribution in [0.1, 0.15) is 27.9 Å². The molecule has 0 fully saturated rings. The van der Waals surface area contributed by atoms with E-state index in [-0.39, 0.29) is 6.73 Å². The standard InChI is InChI=1S/C24H27N7O2/c1-29-12-20-22(13-29)27-24(30-10-15-3-5-19(33-2)8-17(15)11-30)28-23(20)31(14-32)18-4-6-21(26)16(7-18)9-25/h3-9,25,32H,10-14,26H2,1-2H3. The third-order valence-corrected chi connectivity index (χ3v) is 6.26. The zero-order valence-corrected chi connectivity index (χ0v) is 18.7. The second-order valence-corrected chi connectivity index (χ2v) is 8.46. The number of fused-ring (bicyclic) bond motifs is 2. The van der Waals surface area contributed by atoms with Crippen LogP contribution in [0.15, 0.2) is 36.4 Å². The van der Waals surface area contributed by atoms with Gasteiger partial charge in [0, 0.05) is 54.9 Å². The summed E-state index contributed by atoms with van der Waals surface area (Å²) >= 11 is 0. The summed E-state index contributed by atoms with van der Waals surface area (Å²) in [5, 5.41) is 18.0. The largest absolute Gasteiger partial charge is 0.497 e. The van der Waals surface area contributed by atoms with Gasteiger partial charge in [-0.2, -0.15) is 4.98 Å². The Balaban J connectivity index is 1.56. The minimum absolute atomic E-state index is 0.259. The molecule has 1 aromatic heterocycles. The lowest BCUT2D eigenvalue weighted by Crippen LogP contribution is -2.25. The Morgan fingerprint density at radius 3 is 2.70 bits per heavy atom. The van der Waals surface area contributed by atoms with Crippen molar-refractivity contribution in [3.63, 3.8) is 0 Å². The lowest BCUT2D eigenvalue weighted by molar-refractivity contribution is 0.303. The number of nitrogens with zero attached hydrogens (tertiary/aromatic N) is 5. The van der Waals surface area contributed by atoms with E-state index < -0.39 is 0 Å². The molecule has 0 spiro atoms. The zero-order valence-electron chi connectivity index (χ0n) is 18.7. The van der Waals surface area contributed by atoms with Crippen molar-refractivity contribution in [2.24, 2.45) is 0 Å². The zero-order chi connectivity index (χ0) is 23.1. The van der Waals surface area contributed by atoms with Gasteiger partial charge in [0.05, 0.1) is 12.8 Å². The van der Waals surface area contributed by atoms with E-state index in [2.05, 4.69) is 21.9 Å². The SMILES string of the molecule is COc1ccc2c(c1)CN(c1nc3c(c(N(CO)c4ccc(N)c(C=N)c4)n1)CN(C)C3)C2. The van der Waals surface area contributed by atoms with E-state index in [0.29, 0.717) is 42.7 Å². The second-order valence-electron chi connectivity index (χ2n) is 8.46. The molecule has 0 saturated heterocycles. The normalized spacial score (nSPS) is 14.8. The Morgan fingerprint density at radius 2 is 1.94 bits per heavy atom. The Labute approximate surface area is 192 Å². The molecule has 3 heterocycles. The van der Waals surface area contributed by atoms with Gasteiger partial charge in [0.2, 0.25) is 5.95 Å². The maximum Gasteiger partial charge on any atom is 0.228 e. The summed E-state index contributed by atoms with van der Waals surface area (Å²) in [4.78, 5) is 15.9. The molecule has 4 N–H and O–H groups in total. The summed E-state index contributed by atoms with van der Waals surface area (Å²) in [5.41, 5.74) is 12.2. The number of aliphatic hydroxyl groups is 1. The van der Waals surface area contributed by atoms with Gasteiger partial charge < -0.3 is 30.8 Å². The molecule has 0 aliphatic carbocycles. The first-order valence-corrected chi connectivity index (χ1v) is 10.8. The van der Waals surface area contributed by atoms with E-state index in [1.807, 2.05) is 19.2 Å². The van der Waals surface area contributed by atoms with Gasteiger partial charge in [0.1, 0.15) is 18.3 Å². The highest BCUT2D eigenvalue weighted by Crippen LogP contribution is 2.37. The number of hydrogen-bond acceptors (Lipinski definition) is 9. The van der Waals surface area contributed by atoms with Crippen molar-refractivity contribution in [3.8, 4) is 5.75 Å². The number of ether oxygens (including phenoxy) is 1. The summed E-state index contributed by atoms with van der Waals surface area (Å²) in [6.07, 6.45) is 1.22. The number of nitrogens with two attached hydrogens (primary N) is 1. The van der Waals surface area contributed by atoms with E-state index in [4.69, 9.17) is 25.8 Å². The molecule has 2 aromatic carbocycles. The van der Waals surface area contributed by atoms with Crippen molar-refractivity contribution in [1.29, 1.82) is 5.41 Å². The summed E-state index contributed by atoms with van der Waals surface area (Å²) in [6, 6.07) is 11.5. The van der Waals surface area contributed by atoms with Crippen molar-refractivity contribution in [2.45, 2.75) is 26.2 Å². The molecular weight excluding hydrogens is 418 g/mol. The van der Waals surface area contributed by atoms with Crippen LogP contribution in [0.2, 0.25) is 0 Å². The van der Waals surface area contributed by atoms with Crippen LogP contribution in [-0.2, 0) is 26.2 Å². The number of methoxy groups -OCH3 is 1. The van der Waals surface area contributed by atoms with Gasteiger partial charge in [-0.15, -0.1) is 0 Å². The molecule has 9 nitrogen and oxygen atoms in total. The molecule has 2 aliphatic rings. The fourth-order valence-corrected chi connectivity index (χ4v) is 4.51. The smallest absolute Gasteiger partial charge is 0.228 e. The topological polar surface area (TPSA) is 115 Å². The highest BCUT2D eigenvalue weighted by molar-refractivity contribution is 5.87. The van der Waals surface area contributed by atoms with Gasteiger partial charge >= 0.3 is 0 Å².